The van der Waals surface area contributed by atoms with Gasteiger partial charge in [-0.25, -0.2) is 22.9 Å². The lowest BCUT2D eigenvalue weighted by molar-refractivity contribution is 0.555. The lowest BCUT2D eigenvalue weighted by Gasteiger charge is -2.03. The van der Waals surface area contributed by atoms with E-state index >= 15 is 0 Å². The summed E-state index contributed by atoms with van der Waals surface area (Å²) in [5, 5.41) is 2.75. The van der Waals surface area contributed by atoms with E-state index in [9.17, 15) is 13.2 Å². The zero-order valence-electron chi connectivity index (χ0n) is 13.0. The van der Waals surface area contributed by atoms with Crippen molar-refractivity contribution < 1.29 is 12.8 Å². The van der Waals surface area contributed by atoms with Crippen LogP contribution in [0.25, 0.3) is 22.4 Å². The van der Waals surface area contributed by atoms with Crippen LogP contribution in [0, 0.1) is 0 Å². The molecule has 3 aromatic rings. The summed E-state index contributed by atoms with van der Waals surface area (Å²) in [6.07, 6.45) is 1.13. The number of hydrogen-bond donors (Lipinski definition) is 2. The summed E-state index contributed by atoms with van der Waals surface area (Å²) in [7, 11) is -3.19. The highest BCUT2D eigenvalue weighted by molar-refractivity contribution is 7.89. The highest BCUT2D eigenvalue weighted by atomic mass is 32.2. The van der Waals surface area contributed by atoms with E-state index in [-0.39, 0.29) is 5.75 Å². The molecule has 128 valence electrons. The molecule has 0 aliphatic heterocycles. The summed E-state index contributed by atoms with van der Waals surface area (Å²) in [6, 6.07) is 5.39. The van der Waals surface area contributed by atoms with Crippen LogP contribution in [0.5, 0.6) is 0 Å². The van der Waals surface area contributed by atoms with E-state index in [1.807, 2.05) is 18.4 Å². The largest absolute Gasteiger partial charge is 0.417 e. The molecule has 2 aromatic heterocycles. The van der Waals surface area contributed by atoms with Gasteiger partial charge in [0.25, 0.3) is 0 Å². The van der Waals surface area contributed by atoms with Crippen LogP contribution in [0.2, 0.25) is 0 Å². The van der Waals surface area contributed by atoms with E-state index in [0.717, 1.165) is 16.3 Å². The van der Waals surface area contributed by atoms with Crippen molar-refractivity contribution in [3.05, 3.63) is 39.1 Å². The number of hydrogen-bond acceptors (Lipinski definition) is 6. The number of sulfonamides is 1. The van der Waals surface area contributed by atoms with E-state index in [1.54, 1.807) is 12.1 Å². The Hall–Kier alpha value is -1.97. The molecule has 0 amide bonds. The maximum absolute atomic E-state index is 11.6. The first-order chi connectivity index (χ1) is 11.5. The van der Waals surface area contributed by atoms with Gasteiger partial charge in [0.05, 0.1) is 22.0 Å². The minimum absolute atomic E-state index is 0.137. The minimum atomic E-state index is -3.19. The number of H-pyrrole nitrogens is 1. The van der Waals surface area contributed by atoms with Gasteiger partial charge in [-0.1, -0.05) is 13.0 Å². The Morgan fingerprint density at radius 2 is 2.21 bits per heavy atom. The monoisotopic (exact) mass is 367 g/mol. The van der Waals surface area contributed by atoms with E-state index in [2.05, 4.69) is 14.7 Å². The molecule has 2 N–H and O–H groups in total. The quantitative estimate of drug-likeness (QED) is 0.665. The summed E-state index contributed by atoms with van der Waals surface area (Å²) >= 11 is 1.47. The van der Waals surface area contributed by atoms with Gasteiger partial charge in [-0.2, -0.15) is 0 Å². The lowest BCUT2D eigenvalue weighted by Crippen LogP contribution is -2.28. The molecule has 0 aliphatic carbocycles. The standard InChI is InChI=1S/C15H17N3O4S2/c1-2-7-24(20,21)16-6-5-14-17-12(9-23-14)10-3-4-11-13(8-10)22-15(19)18-11/h3-4,8-9,16H,2,5-7H2,1H3,(H,18,19). The van der Waals surface area contributed by atoms with Gasteiger partial charge in [0.1, 0.15) is 0 Å². The zero-order valence-corrected chi connectivity index (χ0v) is 14.7. The molecule has 0 atom stereocenters. The van der Waals surface area contributed by atoms with Crippen LogP contribution in [0.1, 0.15) is 18.4 Å². The maximum atomic E-state index is 11.6. The number of aromatic amines is 1. The highest BCUT2D eigenvalue weighted by Gasteiger charge is 2.10. The van der Waals surface area contributed by atoms with Crippen molar-refractivity contribution in [1.82, 2.24) is 14.7 Å². The van der Waals surface area contributed by atoms with Crippen LogP contribution >= 0.6 is 11.3 Å². The molecule has 0 saturated heterocycles. The Bertz CT molecular complexity index is 1000. The van der Waals surface area contributed by atoms with Gasteiger partial charge in [-0.15, -0.1) is 11.3 Å². The average molecular weight is 367 g/mol. The molecule has 0 bridgehead atoms. The number of nitrogens with one attached hydrogen (secondary N) is 2. The molecule has 9 heteroatoms. The van der Waals surface area contributed by atoms with Crippen molar-refractivity contribution >= 4 is 32.5 Å². The molecule has 2 heterocycles. The molecule has 0 saturated carbocycles. The van der Waals surface area contributed by atoms with Crippen molar-refractivity contribution in [1.29, 1.82) is 0 Å². The molecule has 0 radical (unpaired) electrons. The SMILES string of the molecule is CCCS(=O)(=O)NCCc1nc(-c2ccc3[nH]c(=O)oc3c2)cs1. The second-order valence-electron chi connectivity index (χ2n) is 5.32. The molecule has 1 aromatic carbocycles. The second-order valence-corrected chi connectivity index (χ2v) is 8.18. The molecular weight excluding hydrogens is 350 g/mol. The third-order valence-electron chi connectivity index (χ3n) is 3.40. The lowest BCUT2D eigenvalue weighted by atomic mass is 10.1. The zero-order chi connectivity index (χ0) is 17.2. The van der Waals surface area contributed by atoms with Gasteiger partial charge in [0.2, 0.25) is 10.0 Å². The Balaban J connectivity index is 1.69. The first-order valence-electron chi connectivity index (χ1n) is 7.52. The number of fused-ring (bicyclic) bond motifs is 1. The van der Waals surface area contributed by atoms with Gasteiger partial charge in [-0.3, -0.25) is 4.98 Å². The average Bonchev–Trinajstić information content (AvgIpc) is 3.11. The Morgan fingerprint density at radius 1 is 1.38 bits per heavy atom. The van der Waals surface area contributed by atoms with E-state index in [1.165, 1.54) is 11.3 Å². The third kappa shape index (κ3) is 3.92. The number of thiazole rings is 1. The Labute approximate surface area is 142 Å². The smallest absolute Gasteiger partial charge is 0.408 e. The van der Waals surface area contributed by atoms with E-state index in [4.69, 9.17) is 4.42 Å². The summed E-state index contributed by atoms with van der Waals surface area (Å²) in [4.78, 5) is 18.3. The topological polar surface area (TPSA) is 105 Å². The van der Waals surface area contributed by atoms with Crippen LogP contribution in [0.4, 0.5) is 0 Å². The first-order valence-corrected chi connectivity index (χ1v) is 10.0. The molecule has 0 fully saturated rings. The van der Waals surface area contributed by atoms with Crippen LogP contribution in [0.3, 0.4) is 0 Å². The van der Waals surface area contributed by atoms with Crippen molar-refractivity contribution in [3.63, 3.8) is 0 Å². The fraction of sp³-hybridized carbons (Fsp3) is 0.333. The fourth-order valence-corrected chi connectivity index (χ4v) is 4.22. The number of aromatic nitrogens is 2. The van der Waals surface area contributed by atoms with Crippen molar-refractivity contribution in [2.75, 3.05) is 12.3 Å². The van der Waals surface area contributed by atoms with Crippen molar-refractivity contribution in [3.8, 4) is 11.3 Å². The minimum Gasteiger partial charge on any atom is -0.408 e. The molecule has 24 heavy (non-hydrogen) atoms. The number of oxazole rings is 1. The van der Waals surface area contributed by atoms with Crippen molar-refractivity contribution in [2.24, 2.45) is 0 Å². The summed E-state index contributed by atoms with van der Waals surface area (Å²) in [5.41, 5.74) is 2.75. The molecule has 0 spiro atoms. The predicted molar refractivity (Wildman–Crippen MR) is 93.7 cm³/mol. The predicted octanol–water partition coefficient (Wildman–Crippen LogP) is 2.12. The number of rotatable bonds is 7. The Kier molecular flexibility index (Phi) is 4.83. The van der Waals surface area contributed by atoms with Crippen molar-refractivity contribution in [2.45, 2.75) is 19.8 Å². The molecule has 0 aliphatic rings. The molecule has 0 unspecified atom stereocenters. The van der Waals surface area contributed by atoms with Crippen LogP contribution in [-0.4, -0.2) is 30.7 Å². The van der Waals surface area contributed by atoms with Gasteiger partial charge in [0.15, 0.2) is 5.58 Å². The molecular formula is C15H17N3O4S2. The second kappa shape index (κ2) is 6.88. The summed E-state index contributed by atoms with van der Waals surface area (Å²) < 4.78 is 30.8. The van der Waals surface area contributed by atoms with E-state index in [0.29, 0.717) is 30.5 Å². The van der Waals surface area contributed by atoms with Crippen LogP contribution in [-0.2, 0) is 16.4 Å². The fourth-order valence-electron chi connectivity index (χ4n) is 2.32. The Morgan fingerprint density at radius 3 is 3.00 bits per heavy atom. The molecule has 3 rings (SSSR count). The van der Waals surface area contributed by atoms with Crippen LogP contribution in [0.15, 0.2) is 32.8 Å². The molecule has 7 nitrogen and oxygen atoms in total. The highest BCUT2D eigenvalue weighted by Crippen LogP contribution is 2.25. The number of nitrogens with zero attached hydrogens (tertiary/aromatic N) is 1. The van der Waals surface area contributed by atoms with E-state index < -0.39 is 15.8 Å². The van der Waals surface area contributed by atoms with Gasteiger partial charge >= 0.3 is 5.76 Å². The van der Waals surface area contributed by atoms with Gasteiger partial charge < -0.3 is 4.42 Å². The maximum Gasteiger partial charge on any atom is 0.417 e. The number of benzene rings is 1. The summed E-state index contributed by atoms with van der Waals surface area (Å²) in [5.74, 6) is -0.349. The summed E-state index contributed by atoms with van der Waals surface area (Å²) in [6.45, 7) is 2.16. The first kappa shape index (κ1) is 16.9. The van der Waals surface area contributed by atoms with Gasteiger partial charge in [-0.05, 0) is 18.6 Å². The normalized spacial score (nSPS) is 12.0. The third-order valence-corrected chi connectivity index (χ3v) is 5.90. The van der Waals surface area contributed by atoms with Gasteiger partial charge in [0, 0.05) is 23.9 Å². The van der Waals surface area contributed by atoms with Crippen LogP contribution < -0.4 is 10.5 Å².